The molecule has 1 aromatic heterocycles. The Balaban J connectivity index is 2.99. The minimum Gasteiger partial charge on any atom is -0.435 e. The number of thiophene rings is 1. The maximum atomic E-state index is 10.3. The van der Waals surface area contributed by atoms with Crippen LogP contribution in [-0.2, 0) is 0 Å². The molecule has 0 unspecified atom stereocenters. The van der Waals surface area contributed by atoms with E-state index in [1.807, 2.05) is 0 Å². The molecule has 6 heteroatoms. The van der Waals surface area contributed by atoms with Crippen molar-refractivity contribution >= 4 is 22.7 Å². The van der Waals surface area contributed by atoms with Gasteiger partial charge >= 0.3 is 5.00 Å². The van der Waals surface area contributed by atoms with Gasteiger partial charge in [0.25, 0.3) is 0 Å². The number of hydrogen-bond acceptors (Lipinski definition) is 5. The summed E-state index contributed by atoms with van der Waals surface area (Å²) in [6.07, 6.45) is 0.753. The Morgan fingerprint density at radius 1 is 1.83 bits per heavy atom. The maximum absolute atomic E-state index is 10.3. The number of nitrogens with zero attached hydrogens (tertiary/aromatic N) is 1. The second kappa shape index (κ2) is 3.31. The van der Waals surface area contributed by atoms with Crippen LogP contribution in [0.4, 0.5) is 5.00 Å². The molecule has 1 N–H and O–H groups in total. The Labute approximate surface area is 72.3 Å². The van der Waals surface area contributed by atoms with Crippen molar-refractivity contribution in [1.82, 2.24) is 0 Å². The van der Waals surface area contributed by atoms with Crippen LogP contribution >= 0.6 is 11.3 Å². The molecule has 0 radical (unpaired) electrons. The first-order valence-electron chi connectivity index (χ1n) is 3.05. The van der Waals surface area contributed by atoms with Crippen molar-refractivity contribution in [3.63, 3.8) is 0 Å². The molecule has 0 aliphatic carbocycles. The highest BCUT2D eigenvalue weighted by molar-refractivity contribution is 7.17. The van der Waals surface area contributed by atoms with E-state index in [-0.39, 0.29) is 5.00 Å². The average Bonchev–Trinajstić information content (AvgIpc) is 2.34. The van der Waals surface area contributed by atoms with Gasteiger partial charge in [0.1, 0.15) is 0 Å². The Bertz CT molecular complexity index is 321. The van der Waals surface area contributed by atoms with E-state index in [1.165, 1.54) is 6.07 Å². The summed E-state index contributed by atoms with van der Waals surface area (Å²) >= 11 is 0.920. The lowest BCUT2D eigenvalue weighted by Crippen LogP contribution is -1.84. The average molecular weight is 186 g/mol. The fraction of sp³-hybridized carbons (Fsp3) is 0.167. The van der Waals surface area contributed by atoms with Crippen LogP contribution in [0.3, 0.4) is 0 Å². The molecular formula is C6H6N2O3S. The quantitative estimate of drug-likeness (QED) is 0.339. The van der Waals surface area contributed by atoms with Crippen LogP contribution < -0.4 is 4.74 Å². The topological polar surface area (TPSA) is 76.2 Å². The molecule has 0 aromatic carbocycles. The van der Waals surface area contributed by atoms with Crippen molar-refractivity contribution in [1.29, 1.82) is 5.41 Å². The van der Waals surface area contributed by atoms with E-state index in [2.05, 4.69) is 0 Å². The largest absolute Gasteiger partial charge is 0.435 e. The highest BCUT2D eigenvalue weighted by atomic mass is 32.1. The third-order valence-corrected chi connectivity index (χ3v) is 2.28. The molecule has 64 valence electrons. The van der Waals surface area contributed by atoms with Crippen LogP contribution in [0.5, 0.6) is 5.06 Å². The van der Waals surface area contributed by atoms with Gasteiger partial charge in [-0.05, 0) is 18.3 Å². The summed E-state index contributed by atoms with van der Waals surface area (Å²) < 4.78 is 4.72. The summed E-state index contributed by atoms with van der Waals surface area (Å²) in [4.78, 5) is 9.80. The van der Waals surface area contributed by atoms with E-state index in [4.69, 9.17) is 10.1 Å². The standard InChI is InChI=1S/C6H6N2O3S/c1-4-2-5(8(9)10)12-6(4)11-3-7/h2-3,7H,1H3. The van der Waals surface area contributed by atoms with Gasteiger partial charge in [-0.3, -0.25) is 15.5 Å². The summed E-state index contributed by atoms with van der Waals surface area (Å²) in [5.74, 6) is 0. The zero-order valence-corrected chi connectivity index (χ0v) is 7.05. The van der Waals surface area contributed by atoms with Crippen molar-refractivity contribution in [3.05, 3.63) is 21.7 Å². The molecular weight excluding hydrogens is 180 g/mol. The molecule has 0 aliphatic heterocycles. The van der Waals surface area contributed by atoms with Crippen molar-refractivity contribution in [2.75, 3.05) is 0 Å². The van der Waals surface area contributed by atoms with Gasteiger partial charge in [0.05, 0.1) is 4.92 Å². The SMILES string of the molecule is Cc1cc([N+](=O)[O-])sc1OC=N. The van der Waals surface area contributed by atoms with Crippen LogP contribution in [0.25, 0.3) is 0 Å². The smallest absolute Gasteiger partial charge is 0.327 e. The lowest BCUT2D eigenvalue weighted by molar-refractivity contribution is -0.380. The summed E-state index contributed by atoms with van der Waals surface area (Å²) in [6, 6.07) is 1.42. The number of rotatable bonds is 3. The van der Waals surface area contributed by atoms with E-state index in [1.54, 1.807) is 6.92 Å². The number of hydrogen-bond donors (Lipinski definition) is 1. The maximum Gasteiger partial charge on any atom is 0.327 e. The molecule has 0 spiro atoms. The molecule has 0 saturated carbocycles. The minimum absolute atomic E-state index is 0.0318. The van der Waals surface area contributed by atoms with E-state index in [0.717, 1.165) is 17.7 Å². The number of nitrogens with one attached hydrogen (secondary N) is 1. The van der Waals surface area contributed by atoms with Gasteiger partial charge in [-0.25, -0.2) is 0 Å². The first-order chi connectivity index (χ1) is 5.65. The van der Waals surface area contributed by atoms with Crippen LogP contribution in [0.2, 0.25) is 0 Å². The Morgan fingerprint density at radius 3 is 2.92 bits per heavy atom. The minimum atomic E-state index is -0.478. The van der Waals surface area contributed by atoms with E-state index in [9.17, 15) is 10.1 Å². The van der Waals surface area contributed by atoms with E-state index >= 15 is 0 Å². The summed E-state index contributed by atoms with van der Waals surface area (Å²) in [5, 5.41) is 17.3. The van der Waals surface area contributed by atoms with Gasteiger partial charge in [-0.15, -0.1) is 0 Å². The molecule has 0 aliphatic rings. The predicted molar refractivity (Wildman–Crippen MR) is 45.1 cm³/mol. The van der Waals surface area contributed by atoms with Crippen molar-refractivity contribution in [2.45, 2.75) is 6.92 Å². The Hall–Kier alpha value is -1.43. The van der Waals surface area contributed by atoms with Gasteiger partial charge in [-0.2, -0.15) is 0 Å². The molecule has 12 heavy (non-hydrogen) atoms. The molecule has 1 rings (SSSR count). The van der Waals surface area contributed by atoms with E-state index in [0.29, 0.717) is 10.6 Å². The first kappa shape index (κ1) is 8.66. The van der Waals surface area contributed by atoms with Crippen molar-refractivity contribution in [3.8, 4) is 5.06 Å². The van der Waals surface area contributed by atoms with E-state index < -0.39 is 4.92 Å². The fourth-order valence-corrected chi connectivity index (χ4v) is 1.53. The van der Waals surface area contributed by atoms with Gasteiger partial charge in [0.15, 0.2) is 11.5 Å². The van der Waals surface area contributed by atoms with Gasteiger partial charge in [0, 0.05) is 11.6 Å². The lowest BCUT2D eigenvalue weighted by atomic mass is 10.4. The van der Waals surface area contributed by atoms with Crippen LogP contribution in [0.1, 0.15) is 5.56 Å². The third-order valence-electron chi connectivity index (χ3n) is 1.21. The first-order valence-corrected chi connectivity index (χ1v) is 3.87. The second-order valence-corrected chi connectivity index (χ2v) is 3.04. The van der Waals surface area contributed by atoms with Crippen molar-refractivity contribution < 1.29 is 9.66 Å². The van der Waals surface area contributed by atoms with Gasteiger partial charge in [-0.1, -0.05) is 0 Å². The second-order valence-electron chi connectivity index (χ2n) is 2.05. The molecule has 0 atom stereocenters. The zero-order valence-electron chi connectivity index (χ0n) is 6.23. The van der Waals surface area contributed by atoms with Crippen LogP contribution in [0.15, 0.2) is 6.07 Å². The highest BCUT2D eigenvalue weighted by Crippen LogP contribution is 2.34. The monoisotopic (exact) mass is 186 g/mol. The number of nitro groups is 1. The third kappa shape index (κ3) is 1.59. The lowest BCUT2D eigenvalue weighted by Gasteiger charge is -1.91. The molecule has 1 heterocycles. The molecule has 0 bridgehead atoms. The van der Waals surface area contributed by atoms with Gasteiger partial charge < -0.3 is 4.74 Å². The van der Waals surface area contributed by atoms with Crippen molar-refractivity contribution in [2.24, 2.45) is 0 Å². The normalized spacial score (nSPS) is 9.42. The summed E-state index contributed by atoms with van der Waals surface area (Å²) in [7, 11) is 0. The molecule has 1 aromatic rings. The van der Waals surface area contributed by atoms with Crippen LogP contribution in [-0.4, -0.2) is 11.3 Å². The number of ether oxygens (including phenoxy) is 1. The molecule has 0 saturated heterocycles. The molecule has 5 nitrogen and oxygen atoms in total. The zero-order chi connectivity index (χ0) is 9.14. The molecule has 0 fully saturated rings. The number of aryl methyl sites for hydroxylation is 1. The summed E-state index contributed by atoms with van der Waals surface area (Å²) in [6.45, 7) is 1.70. The highest BCUT2D eigenvalue weighted by Gasteiger charge is 2.14. The predicted octanol–water partition coefficient (Wildman–Crippen LogP) is 1.95. The Kier molecular flexibility index (Phi) is 2.39. The van der Waals surface area contributed by atoms with Gasteiger partial charge in [0.2, 0.25) is 0 Å². The summed E-state index contributed by atoms with van der Waals surface area (Å²) in [5.41, 5.74) is 0.676. The Morgan fingerprint density at radius 2 is 2.50 bits per heavy atom. The fourth-order valence-electron chi connectivity index (χ4n) is 0.710. The van der Waals surface area contributed by atoms with Crippen LogP contribution in [0, 0.1) is 22.4 Å². The molecule has 0 amide bonds.